The van der Waals surface area contributed by atoms with Crippen molar-refractivity contribution in [2.75, 3.05) is 47.4 Å². The lowest BCUT2D eigenvalue weighted by molar-refractivity contribution is -0.137. The molecular weight excluding hydrogens is 394 g/mol. The number of methoxy groups -OCH3 is 1. The normalized spacial score (nSPS) is 18.5. The molecule has 3 rings (SSSR count). The minimum atomic E-state index is -0.227. The summed E-state index contributed by atoms with van der Waals surface area (Å²) in [6.07, 6.45) is 2.69. The fourth-order valence-electron chi connectivity index (χ4n) is 4.22. The number of carbonyl (C=O) groups excluding carboxylic acids is 2. The van der Waals surface area contributed by atoms with Gasteiger partial charge in [0.25, 0.3) is 11.8 Å². The summed E-state index contributed by atoms with van der Waals surface area (Å²) in [5.74, 6) is 0.283. The molecule has 7 nitrogen and oxygen atoms in total. The van der Waals surface area contributed by atoms with Crippen LogP contribution in [0.4, 0.5) is 0 Å². The number of nitrogens with zero attached hydrogens (tertiary/aromatic N) is 3. The lowest BCUT2D eigenvalue weighted by Crippen LogP contribution is -2.43. The van der Waals surface area contributed by atoms with Crippen LogP contribution >= 0.6 is 0 Å². The fourth-order valence-corrected chi connectivity index (χ4v) is 4.22. The highest BCUT2D eigenvalue weighted by molar-refractivity contribution is 6.35. The number of benzene rings is 1. The van der Waals surface area contributed by atoms with Gasteiger partial charge in [0.1, 0.15) is 11.4 Å². The summed E-state index contributed by atoms with van der Waals surface area (Å²) in [5, 5.41) is 0. The number of hydrogen-bond acceptors (Lipinski definition) is 6. The lowest BCUT2D eigenvalue weighted by Gasteiger charge is -2.36. The van der Waals surface area contributed by atoms with Crippen LogP contribution in [0.1, 0.15) is 38.7 Å². The molecule has 1 saturated heterocycles. The maximum atomic E-state index is 13.4. The van der Waals surface area contributed by atoms with Gasteiger partial charge in [-0.1, -0.05) is 12.1 Å². The summed E-state index contributed by atoms with van der Waals surface area (Å²) in [4.78, 5) is 32.5. The van der Waals surface area contributed by atoms with E-state index in [1.54, 1.807) is 7.11 Å². The summed E-state index contributed by atoms with van der Waals surface area (Å²) in [6, 6.07) is 7.60. The number of imide groups is 1. The molecule has 0 bridgehead atoms. The van der Waals surface area contributed by atoms with Gasteiger partial charge in [-0.05, 0) is 70.9 Å². The molecule has 7 heteroatoms. The molecule has 0 aliphatic carbocycles. The smallest absolute Gasteiger partial charge is 0.277 e. The van der Waals surface area contributed by atoms with Gasteiger partial charge in [-0.25, -0.2) is 0 Å². The van der Waals surface area contributed by atoms with E-state index < -0.39 is 0 Å². The van der Waals surface area contributed by atoms with Gasteiger partial charge in [-0.3, -0.25) is 14.5 Å². The second-order valence-corrected chi connectivity index (χ2v) is 8.63. The second-order valence-electron chi connectivity index (χ2n) is 8.63. The first-order valence-electron chi connectivity index (χ1n) is 11.1. The van der Waals surface area contributed by atoms with Crippen molar-refractivity contribution in [3.8, 4) is 5.75 Å². The molecular formula is C24H35N3O4. The predicted molar refractivity (Wildman–Crippen MR) is 121 cm³/mol. The summed E-state index contributed by atoms with van der Waals surface area (Å²) in [6.45, 7) is 6.80. The Labute approximate surface area is 185 Å². The molecule has 2 aliphatic rings. The van der Waals surface area contributed by atoms with E-state index >= 15 is 0 Å². The minimum Gasteiger partial charge on any atom is -0.497 e. The molecule has 0 spiro atoms. The summed E-state index contributed by atoms with van der Waals surface area (Å²) in [5.41, 5.74) is 1.74. The highest BCUT2D eigenvalue weighted by atomic mass is 16.5. The molecule has 0 N–H and O–H groups in total. The standard InChI is InChI=1S/C24H35N3O4/c1-17(2)31-16-6-13-27-23(28)21(18-7-9-20(30-5)10-8-18)22(24(27)29)26(4)19-11-14-25(3)15-12-19/h7-10,17,19H,6,11-16H2,1-5H3. The summed E-state index contributed by atoms with van der Waals surface area (Å²) >= 11 is 0. The van der Waals surface area contributed by atoms with Crippen molar-refractivity contribution in [3.63, 3.8) is 0 Å². The number of likely N-dealkylation sites (tertiary alicyclic amines) is 1. The summed E-state index contributed by atoms with van der Waals surface area (Å²) < 4.78 is 10.9. The summed E-state index contributed by atoms with van der Waals surface area (Å²) in [7, 11) is 5.67. The fraction of sp³-hybridized carbons (Fsp3) is 0.583. The van der Waals surface area contributed by atoms with Crippen molar-refractivity contribution in [2.45, 2.75) is 45.3 Å². The largest absolute Gasteiger partial charge is 0.497 e. The molecule has 1 aromatic carbocycles. The van der Waals surface area contributed by atoms with Gasteiger partial charge in [-0.2, -0.15) is 0 Å². The Balaban J connectivity index is 1.88. The Morgan fingerprint density at radius 1 is 1.10 bits per heavy atom. The third kappa shape index (κ3) is 5.28. The van der Waals surface area contributed by atoms with E-state index in [9.17, 15) is 9.59 Å². The third-order valence-corrected chi connectivity index (χ3v) is 6.09. The number of ether oxygens (including phenoxy) is 2. The predicted octanol–water partition coefficient (Wildman–Crippen LogP) is 2.62. The van der Waals surface area contributed by atoms with Gasteiger partial charge in [0.05, 0.1) is 18.8 Å². The van der Waals surface area contributed by atoms with Crippen LogP contribution in [0.15, 0.2) is 30.0 Å². The maximum absolute atomic E-state index is 13.4. The maximum Gasteiger partial charge on any atom is 0.277 e. The first-order valence-corrected chi connectivity index (χ1v) is 11.1. The highest BCUT2D eigenvalue weighted by Crippen LogP contribution is 2.34. The average Bonchev–Trinajstić information content (AvgIpc) is 3.01. The van der Waals surface area contributed by atoms with E-state index in [-0.39, 0.29) is 24.0 Å². The van der Waals surface area contributed by atoms with Crippen molar-refractivity contribution in [3.05, 3.63) is 35.5 Å². The van der Waals surface area contributed by atoms with E-state index in [1.165, 1.54) is 4.90 Å². The van der Waals surface area contributed by atoms with E-state index in [2.05, 4.69) is 11.9 Å². The Morgan fingerprint density at radius 2 is 1.74 bits per heavy atom. The zero-order valence-corrected chi connectivity index (χ0v) is 19.4. The highest BCUT2D eigenvalue weighted by Gasteiger charge is 2.42. The van der Waals surface area contributed by atoms with Crippen LogP contribution in [0.5, 0.6) is 5.75 Å². The average molecular weight is 430 g/mol. The first-order chi connectivity index (χ1) is 14.8. The lowest BCUT2D eigenvalue weighted by atomic mass is 10.00. The van der Waals surface area contributed by atoms with E-state index in [0.29, 0.717) is 36.6 Å². The monoisotopic (exact) mass is 429 g/mol. The van der Waals surface area contributed by atoms with Gasteiger partial charge in [0.2, 0.25) is 0 Å². The van der Waals surface area contributed by atoms with Crippen molar-refractivity contribution in [1.82, 2.24) is 14.7 Å². The quantitative estimate of drug-likeness (QED) is 0.444. The van der Waals surface area contributed by atoms with Crippen LogP contribution in [0.25, 0.3) is 5.57 Å². The topological polar surface area (TPSA) is 62.3 Å². The van der Waals surface area contributed by atoms with Gasteiger partial charge in [0, 0.05) is 26.2 Å². The Morgan fingerprint density at radius 3 is 2.32 bits per heavy atom. The molecule has 0 atom stereocenters. The molecule has 0 aromatic heterocycles. The Bertz CT molecular complexity index is 811. The minimum absolute atomic E-state index is 0.129. The van der Waals surface area contributed by atoms with Gasteiger partial charge in [0.15, 0.2) is 0 Å². The molecule has 2 amide bonds. The van der Waals surface area contributed by atoms with Crippen LogP contribution in [0, 0.1) is 0 Å². The SMILES string of the molecule is COc1ccc(C2=C(N(C)C3CCN(C)CC3)C(=O)N(CCCOC(C)C)C2=O)cc1. The Kier molecular flexibility index (Phi) is 7.73. The number of piperidine rings is 1. The van der Waals surface area contributed by atoms with Gasteiger partial charge in [-0.15, -0.1) is 0 Å². The number of carbonyl (C=O) groups is 2. The van der Waals surface area contributed by atoms with Crippen molar-refractivity contribution in [2.24, 2.45) is 0 Å². The zero-order chi connectivity index (χ0) is 22.5. The number of rotatable bonds is 9. The van der Waals surface area contributed by atoms with Crippen LogP contribution in [0.3, 0.4) is 0 Å². The first kappa shape index (κ1) is 23.3. The molecule has 0 saturated carbocycles. The van der Waals surface area contributed by atoms with Crippen LogP contribution < -0.4 is 4.74 Å². The number of hydrogen-bond donors (Lipinski definition) is 0. The number of amides is 2. The zero-order valence-electron chi connectivity index (χ0n) is 19.4. The van der Waals surface area contributed by atoms with Gasteiger partial charge < -0.3 is 19.3 Å². The van der Waals surface area contributed by atoms with Crippen molar-refractivity contribution in [1.29, 1.82) is 0 Å². The van der Waals surface area contributed by atoms with Crippen LogP contribution in [-0.2, 0) is 14.3 Å². The molecule has 0 unspecified atom stereocenters. The van der Waals surface area contributed by atoms with Crippen LogP contribution in [-0.4, -0.2) is 86.1 Å². The van der Waals surface area contributed by atoms with Gasteiger partial charge >= 0.3 is 0 Å². The molecule has 1 fully saturated rings. The molecule has 31 heavy (non-hydrogen) atoms. The van der Waals surface area contributed by atoms with E-state index in [1.807, 2.05) is 50.1 Å². The van der Waals surface area contributed by atoms with E-state index in [4.69, 9.17) is 9.47 Å². The molecule has 0 radical (unpaired) electrons. The van der Waals surface area contributed by atoms with Crippen molar-refractivity contribution >= 4 is 17.4 Å². The molecule has 170 valence electrons. The third-order valence-electron chi connectivity index (χ3n) is 6.09. The molecule has 2 heterocycles. The molecule has 2 aliphatic heterocycles. The van der Waals surface area contributed by atoms with E-state index in [0.717, 1.165) is 31.5 Å². The number of likely N-dealkylation sites (N-methyl/N-ethyl adjacent to an activating group) is 1. The molecule has 1 aromatic rings. The second kappa shape index (κ2) is 10.3. The van der Waals surface area contributed by atoms with Crippen LogP contribution in [0.2, 0.25) is 0 Å². The Hall–Kier alpha value is -2.38. The van der Waals surface area contributed by atoms with Crippen molar-refractivity contribution < 1.29 is 19.1 Å².